The summed E-state index contributed by atoms with van der Waals surface area (Å²) < 4.78 is 61.5. The first-order valence-electron chi connectivity index (χ1n) is 11.9. The summed E-state index contributed by atoms with van der Waals surface area (Å²) in [5.74, 6) is -0.651. The molecule has 38 heavy (non-hydrogen) atoms. The molecule has 0 radical (unpaired) electrons. The fourth-order valence-corrected chi connectivity index (χ4v) is 4.45. The number of amides is 1. The Labute approximate surface area is 214 Å². The molecule has 4 aromatic rings. The van der Waals surface area contributed by atoms with Gasteiger partial charge in [0.1, 0.15) is 18.4 Å². The molecular formula is C27H23F4N5O2. The van der Waals surface area contributed by atoms with Crippen LogP contribution in [0.25, 0.3) is 11.1 Å². The van der Waals surface area contributed by atoms with E-state index in [1.807, 2.05) is 0 Å². The highest BCUT2D eigenvalue weighted by molar-refractivity contribution is 5.96. The lowest BCUT2D eigenvalue weighted by atomic mass is 9.97. The molecule has 1 amide bonds. The van der Waals surface area contributed by atoms with Crippen molar-refractivity contribution in [1.82, 2.24) is 19.9 Å². The standard InChI is InChI=1S/C27H23F4N5O2/c1-15-8-18(4-5-22(15)28)23(17-2-3-17)35-25(37)20-10-16(13-36-6-7-38-26(36)32)9-19(11-20)21-12-33-14-34-24(21)27(29,30)31/h4-12,14,17,23,32H,2-3,13H2,1H3,(H,35,37). The SMILES string of the molecule is Cc1cc(C(NC(=O)c2cc(Cn3ccoc3=N)cc(-c3cncnc3C(F)(F)F)c2)C2CC2)ccc1F. The van der Waals surface area contributed by atoms with Crippen molar-refractivity contribution >= 4 is 5.91 Å². The summed E-state index contributed by atoms with van der Waals surface area (Å²) in [5.41, 5.74) is 0.397. The normalized spacial score (nSPS) is 14.3. The van der Waals surface area contributed by atoms with E-state index >= 15 is 0 Å². The molecule has 2 heterocycles. The highest BCUT2D eigenvalue weighted by Crippen LogP contribution is 2.42. The molecule has 2 N–H and O–H groups in total. The Bertz CT molecular complexity index is 1560. The molecule has 5 rings (SSSR count). The zero-order chi connectivity index (χ0) is 27.0. The predicted octanol–water partition coefficient (Wildman–Crippen LogP) is 5.41. The molecule has 1 atom stereocenters. The number of aromatic nitrogens is 3. The lowest BCUT2D eigenvalue weighted by Crippen LogP contribution is -2.30. The number of carbonyl (C=O) groups excluding carboxylic acids is 1. The summed E-state index contributed by atoms with van der Waals surface area (Å²) in [4.78, 5) is 20.7. The molecule has 1 fully saturated rings. The van der Waals surface area contributed by atoms with Crippen molar-refractivity contribution in [3.63, 3.8) is 0 Å². The number of nitrogens with zero attached hydrogens (tertiary/aromatic N) is 3. The fourth-order valence-electron chi connectivity index (χ4n) is 4.45. The molecule has 2 aromatic heterocycles. The van der Waals surface area contributed by atoms with Crippen LogP contribution in [0.3, 0.4) is 0 Å². The molecule has 0 aliphatic heterocycles. The number of carbonyl (C=O) groups is 1. The third-order valence-corrected chi connectivity index (χ3v) is 6.50. The summed E-state index contributed by atoms with van der Waals surface area (Å²) in [6.45, 7) is 1.73. The first kappa shape index (κ1) is 25.4. The van der Waals surface area contributed by atoms with Gasteiger partial charge in [-0.3, -0.25) is 14.8 Å². The molecule has 0 spiro atoms. The van der Waals surface area contributed by atoms with E-state index in [4.69, 9.17) is 9.83 Å². The Hall–Kier alpha value is -4.28. The topological polar surface area (TPSA) is 96.8 Å². The molecule has 1 aliphatic rings. The third kappa shape index (κ3) is 5.36. The van der Waals surface area contributed by atoms with Crippen molar-refractivity contribution in [1.29, 1.82) is 5.41 Å². The largest absolute Gasteiger partial charge is 0.434 e. The van der Waals surface area contributed by atoms with Crippen LogP contribution < -0.4 is 11.0 Å². The van der Waals surface area contributed by atoms with Crippen LogP contribution in [0.15, 0.2) is 65.8 Å². The molecule has 196 valence electrons. The van der Waals surface area contributed by atoms with Gasteiger partial charge in [0, 0.05) is 23.5 Å². The monoisotopic (exact) mass is 525 g/mol. The van der Waals surface area contributed by atoms with Gasteiger partial charge in [0.15, 0.2) is 5.69 Å². The Morgan fingerprint density at radius 1 is 1.24 bits per heavy atom. The molecule has 1 saturated carbocycles. The van der Waals surface area contributed by atoms with Crippen molar-refractivity contribution < 1.29 is 26.8 Å². The molecule has 11 heteroatoms. The van der Waals surface area contributed by atoms with Crippen molar-refractivity contribution in [2.24, 2.45) is 5.92 Å². The molecule has 2 aromatic carbocycles. The average Bonchev–Trinajstić information content (AvgIpc) is 3.65. The van der Waals surface area contributed by atoms with Gasteiger partial charge in [-0.2, -0.15) is 13.2 Å². The Morgan fingerprint density at radius 3 is 2.68 bits per heavy atom. The van der Waals surface area contributed by atoms with Gasteiger partial charge in [0.2, 0.25) is 0 Å². The van der Waals surface area contributed by atoms with E-state index in [0.29, 0.717) is 11.1 Å². The minimum absolute atomic E-state index is 0.0850. The van der Waals surface area contributed by atoms with E-state index < -0.39 is 17.8 Å². The Morgan fingerprint density at radius 2 is 2.03 bits per heavy atom. The first-order chi connectivity index (χ1) is 18.1. The quantitative estimate of drug-likeness (QED) is 0.315. The summed E-state index contributed by atoms with van der Waals surface area (Å²) >= 11 is 0. The molecule has 0 saturated heterocycles. The number of rotatable bonds is 7. The lowest BCUT2D eigenvalue weighted by Gasteiger charge is -2.20. The van der Waals surface area contributed by atoms with Gasteiger partial charge in [-0.15, -0.1) is 0 Å². The van der Waals surface area contributed by atoms with Crippen LogP contribution in [-0.2, 0) is 12.7 Å². The second kappa shape index (κ2) is 9.88. The van der Waals surface area contributed by atoms with Gasteiger partial charge in [-0.25, -0.2) is 14.4 Å². The lowest BCUT2D eigenvalue weighted by molar-refractivity contribution is -0.140. The van der Waals surface area contributed by atoms with Crippen molar-refractivity contribution in [3.8, 4) is 11.1 Å². The molecule has 0 bridgehead atoms. The number of nitrogens with one attached hydrogen (secondary N) is 2. The fraction of sp³-hybridized carbons (Fsp3) is 0.259. The number of halogens is 4. The van der Waals surface area contributed by atoms with Crippen LogP contribution in [0, 0.1) is 24.1 Å². The van der Waals surface area contributed by atoms with E-state index in [2.05, 4.69) is 15.3 Å². The van der Waals surface area contributed by atoms with E-state index in [1.54, 1.807) is 25.1 Å². The highest BCUT2D eigenvalue weighted by atomic mass is 19.4. The van der Waals surface area contributed by atoms with E-state index in [-0.39, 0.29) is 46.7 Å². The molecule has 1 aliphatic carbocycles. The summed E-state index contributed by atoms with van der Waals surface area (Å²) in [7, 11) is 0. The van der Waals surface area contributed by atoms with Gasteiger partial charge in [-0.1, -0.05) is 12.1 Å². The third-order valence-electron chi connectivity index (χ3n) is 6.50. The molecular weight excluding hydrogens is 502 g/mol. The number of benzene rings is 2. The number of aryl methyl sites for hydroxylation is 1. The summed E-state index contributed by atoms with van der Waals surface area (Å²) in [6.07, 6.45) is 1.77. The van der Waals surface area contributed by atoms with Crippen molar-refractivity contribution in [2.75, 3.05) is 0 Å². The summed E-state index contributed by atoms with van der Waals surface area (Å²) in [5, 5.41) is 10.9. The Balaban J connectivity index is 1.55. The van der Waals surface area contributed by atoms with Crippen LogP contribution in [-0.4, -0.2) is 20.4 Å². The van der Waals surface area contributed by atoms with Crippen molar-refractivity contribution in [2.45, 2.75) is 38.5 Å². The smallest absolute Gasteiger partial charge is 0.432 e. The van der Waals surface area contributed by atoms with Crippen LogP contribution in [0.2, 0.25) is 0 Å². The minimum atomic E-state index is -4.73. The second-order valence-corrected chi connectivity index (χ2v) is 9.33. The van der Waals surface area contributed by atoms with Crippen LogP contribution in [0.5, 0.6) is 0 Å². The van der Waals surface area contributed by atoms with Crippen molar-refractivity contribution in [3.05, 3.63) is 101 Å². The number of oxazole rings is 1. The second-order valence-electron chi connectivity index (χ2n) is 9.33. The number of hydrogen-bond donors (Lipinski definition) is 2. The van der Waals surface area contributed by atoms with E-state index in [1.165, 1.54) is 35.2 Å². The highest BCUT2D eigenvalue weighted by Gasteiger charge is 2.36. The molecule has 1 unspecified atom stereocenters. The van der Waals surface area contributed by atoms with E-state index in [0.717, 1.165) is 30.9 Å². The molecule has 7 nitrogen and oxygen atoms in total. The maximum absolute atomic E-state index is 13.9. The van der Waals surface area contributed by atoms with Gasteiger partial charge < -0.3 is 9.73 Å². The number of hydrogen-bond acceptors (Lipinski definition) is 5. The van der Waals surface area contributed by atoms with Gasteiger partial charge in [-0.05, 0) is 72.2 Å². The minimum Gasteiger partial charge on any atom is -0.432 e. The van der Waals surface area contributed by atoms with Gasteiger partial charge in [0.05, 0.1) is 12.6 Å². The zero-order valence-corrected chi connectivity index (χ0v) is 20.2. The average molecular weight is 526 g/mol. The Kier molecular flexibility index (Phi) is 6.60. The predicted molar refractivity (Wildman–Crippen MR) is 128 cm³/mol. The van der Waals surface area contributed by atoms with Crippen LogP contribution >= 0.6 is 0 Å². The van der Waals surface area contributed by atoms with Gasteiger partial charge >= 0.3 is 6.18 Å². The van der Waals surface area contributed by atoms with Gasteiger partial charge in [0.25, 0.3) is 11.6 Å². The maximum atomic E-state index is 13.9. The summed E-state index contributed by atoms with van der Waals surface area (Å²) in [6, 6.07) is 8.76. The maximum Gasteiger partial charge on any atom is 0.434 e. The van der Waals surface area contributed by atoms with Crippen LogP contribution in [0.1, 0.15) is 51.6 Å². The van der Waals surface area contributed by atoms with E-state index in [9.17, 15) is 22.4 Å². The zero-order valence-electron chi connectivity index (χ0n) is 20.2. The number of alkyl halides is 3. The first-order valence-corrected chi connectivity index (χ1v) is 11.9. The van der Waals surface area contributed by atoms with Crippen LogP contribution in [0.4, 0.5) is 17.6 Å².